The van der Waals surface area contributed by atoms with E-state index in [0.29, 0.717) is 0 Å². The molecule has 1 fully saturated rings. The van der Waals surface area contributed by atoms with Gasteiger partial charge in [-0.25, -0.2) is 4.98 Å². The van der Waals surface area contributed by atoms with Crippen molar-refractivity contribution in [3.05, 3.63) is 27.8 Å². The summed E-state index contributed by atoms with van der Waals surface area (Å²) in [4.78, 5) is 11.8. The van der Waals surface area contributed by atoms with E-state index in [0.717, 1.165) is 30.5 Å². The van der Waals surface area contributed by atoms with Gasteiger partial charge in [0.15, 0.2) is 0 Å². The number of thiophene rings is 1. The highest BCUT2D eigenvalue weighted by Crippen LogP contribution is 2.36. The molecule has 1 aliphatic carbocycles. The monoisotopic (exact) mass is 271 g/mol. The Morgan fingerprint density at radius 3 is 3.00 bits per heavy atom. The maximum Gasteiger partial charge on any atom is 0.139 e. The van der Waals surface area contributed by atoms with Crippen molar-refractivity contribution >= 4 is 27.4 Å². The number of aryl methyl sites for hydroxylation is 2. The molecule has 2 aliphatic rings. The first-order valence-corrected chi connectivity index (χ1v) is 7.72. The van der Waals surface area contributed by atoms with Crippen molar-refractivity contribution in [2.45, 2.75) is 33.2 Å². The van der Waals surface area contributed by atoms with Crippen LogP contribution in [0, 0.1) is 19.8 Å². The maximum atomic E-state index is 4.68. The number of rotatable bonds is 2. The molecule has 4 rings (SSSR count). The van der Waals surface area contributed by atoms with Crippen LogP contribution in [0.1, 0.15) is 34.5 Å². The number of hydrogen-bond acceptors (Lipinski definition) is 4. The van der Waals surface area contributed by atoms with Gasteiger partial charge in [0.2, 0.25) is 0 Å². The Morgan fingerprint density at radius 1 is 1.37 bits per heavy atom. The summed E-state index contributed by atoms with van der Waals surface area (Å²) in [7, 11) is 0. The van der Waals surface area contributed by atoms with Crippen LogP contribution >= 0.6 is 11.3 Å². The molecule has 0 saturated heterocycles. The second kappa shape index (κ2) is 4.04. The van der Waals surface area contributed by atoms with Crippen molar-refractivity contribution in [2.24, 2.45) is 10.9 Å². The van der Waals surface area contributed by atoms with Crippen molar-refractivity contribution in [3.63, 3.8) is 0 Å². The van der Waals surface area contributed by atoms with Gasteiger partial charge in [-0.2, -0.15) is 0 Å². The second-order valence-corrected chi connectivity index (χ2v) is 6.66. The highest BCUT2D eigenvalue weighted by atomic mass is 32.1. The first-order chi connectivity index (χ1) is 9.22. The van der Waals surface area contributed by atoms with Crippen molar-refractivity contribution in [1.29, 1.82) is 0 Å². The molecule has 2 aromatic heterocycles. The van der Waals surface area contributed by atoms with Crippen LogP contribution in [0.2, 0.25) is 0 Å². The number of pyridine rings is 1. The smallest absolute Gasteiger partial charge is 0.139 e. The topological polar surface area (TPSA) is 37.3 Å². The third-order valence-electron chi connectivity index (χ3n) is 3.95. The predicted molar refractivity (Wildman–Crippen MR) is 80.1 cm³/mol. The second-order valence-electron chi connectivity index (χ2n) is 5.66. The summed E-state index contributed by atoms with van der Waals surface area (Å²) in [5, 5.41) is 4.86. The van der Waals surface area contributed by atoms with Gasteiger partial charge in [0.05, 0.1) is 11.4 Å². The van der Waals surface area contributed by atoms with Gasteiger partial charge in [-0.1, -0.05) is 0 Å². The zero-order chi connectivity index (χ0) is 13.0. The molecule has 1 saturated carbocycles. The lowest BCUT2D eigenvalue weighted by Gasteiger charge is -2.03. The SMILES string of the molecule is Cc1cc(C)c2c3c(sc2n1)C(NCC1CC1)=NC3. The molecule has 3 nitrogen and oxygen atoms in total. The minimum Gasteiger partial charge on any atom is -0.369 e. The van der Waals surface area contributed by atoms with E-state index in [2.05, 4.69) is 35.2 Å². The molecule has 19 heavy (non-hydrogen) atoms. The van der Waals surface area contributed by atoms with Crippen LogP contribution in [0.25, 0.3) is 10.2 Å². The minimum absolute atomic E-state index is 0.813. The van der Waals surface area contributed by atoms with Crippen LogP contribution in [-0.4, -0.2) is 17.4 Å². The quantitative estimate of drug-likeness (QED) is 0.911. The van der Waals surface area contributed by atoms with Crippen LogP contribution in [0.4, 0.5) is 0 Å². The molecule has 0 bridgehead atoms. The average Bonchev–Trinajstić information content (AvgIpc) is 2.99. The van der Waals surface area contributed by atoms with Gasteiger partial charge in [0.1, 0.15) is 10.7 Å². The lowest BCUT2D eigenvalue weighted by molar-refractivity contribution is 0.773. The highest BCUT2D eigenvalue weighted by Gasteiger charge is 2.26. The third kappa shape index (κ3) is 1.86. The van der Waals surface area contributed by atoms with Gasteiger partial charge in [-0.15, -0.1) is 11.3 Å². The van der Waals surface area contributed by atoms with E-state index in [4.69, 9.17) is 0 Å². The van der Waals surface area contributed by atoms with Crippen molar-refractivity contribution in [1.82, 2.24) is 10.3 Å². The molecule has 0 aromatic carbocycles. The van der Waals surface area contributed by atoms with E-state index in [-0.39, 0.29) is 0 Å². The van der Waals surface area contributed by atoms with Gasteiger partial charge < -0.3 is 5.32 Å². The lowest BCUT2D eigenvalue weighted by atomic mass is 10.1. The first kappa shape index (κ1) is 11.4. The Balaban J connectivity index is 1.75. The number of aliphatic imine (C=N–C) groups is 1. The molecule has 0 amide bonds. The van der Waals surface area contributed by atoms with Crippen molar-refractivity contribution in [3.8, 4) is 0 Å². The third-order valence-corrected chi connectivity index (χ3v) is 5.08. The number of aromatic nitrogens is 1. The van der Waals surface area contributed by atoms with Crippen LogP contribution in [0.5, 0.6) is 0 Å². The molecule has 2 aromatic rings. The Morgan fingerprint density at radius 2 is 2.21 bits per heavy atom. The number of amidine groups is 1. The molecule has 4 heteroatoms. The summed E-state index contributed by atoms with van der Waals surface area (Å²) >= 11 is 1.79. The Labute approximate surface area is 116 Å². The van der Waals surface area contributed by atoms with Crippen molar-refractivity contribution in [2.75, 3.05) is 6.54 Å². The number of fused-ring (bicyclic) bond motifs is 3. The number of nitrogens with one attached hydrogen (secondary N) is 1. The summed E-state index contributed by atoms with van der Waals surface area (Å²) in [6.07, 6.45) is 2.75. The van der Waals surface area contributed by atoms with E-state index < -0.39 is 0 Å². The van der Waals surface area contributed by atoms with Crippen LogP contribution in [-0.2, 0) is 6.54 Å². The Hall–Kier alpha value is -1.42. The molecular formula is C15H17N3S. The Kier molecular flexibility index (Phi) is 2.42. The fourth-order valence-electron chi connectivity index (χ4n) is 2.79. The number of hydrogen-bond donors (Lipinski definition) is 1. The van der Waals surface area contributed by atoms with Gasteiger partial charge in [0, 0.05) is 23.2 Å². The van der Waals surface area contributed by atoms with E-state index >= 15 is 0 Å². The van der Waals surface area contributed by atoms with Gasteiger partial charge in [-0.3, -0.25) is 4.99 Å². The van der Waals surface area contributed by atoms with E-state index in [1.165, 1.54) is 39.1 Å². The highest BCUT2D eigenvalue weighted by molar-refractivity contribution is 7.20. The zero-order valence-corrected chi connectivity index (χ0v) is 12.1. The molecule has 1 aliphatic heterocycles. The summed E-state index contributed by atoms with van der Waals surface area (Å²) in [6, 6.07) is 2.17. The van der Waals surface area contributed by atoms with Gasteiger partial charge >= 0.3 is 0 Å². The molecule has 0 unspecified atom stereocenters. The summed E-state index contributed by atoms with van der Waals surface area (Å²) < 4.78 is 0. The summed E-state index contributed by atoms with van der Waals surface area (Å²) in [5.41, 5.74) is 3.82. The predicted octanol–water partition coefficient (Wildman–Crippen LogP) is 3.17. The van der Waals surface area contributed by atoms with E-state index in [9.17, 15) is 0 Å². The van der Waals surface area contributed by atoms with E-state index in [1.54, 1.807) is 11.3 Å². The van der Waals surface area contributed by atoms with Crippen LogP contribution < -0.4 is 5.32 Å². The molecule has 0 radical (unpaired) electrons. The van der Waals surface area contributed by atoms with Crippen molar-refractivity contribution < 1.29 is 0 Å². The molecule has 98 valence electrons. The number of nitrogens with zero attached hydrogens (tertiary/aromatic N) is 2. The summed E-state index contributed by atoms with van der Waals surface area (Å²) in [6.45, 7) is 6.14. The summed E-state index contributed by atoms with van der Waals surface area (Å²) in [5.74, 6) is 1.98. The fraction of sp³-hybridized carbons (Fsp3) is 0.467. The zero-order valence-electron chi connectivity index (χ0n) is 11.3. The van der Waals surface area contributed by atoms with Crippen LogP contribution in [0.15, 0.2) is 11.1 Å². The van der Waals surface area contributed by atoms with E-state index in [1.807, 2.05) is 0 Å². The normalized spacial score (nSPS) is 17.7. The molecule has 1 N–H and O–H groups in total. The minimum atomic E-state index is 0.813. The maximum absolute atomic E-state index is 4.68. The fourth-order valence-corrected chi connectivity index (χ4v) is 4.08. The molecule has 0 spiro atoms. The molecule has 0 atom stereocenters. The largest absolute Gasteiger partial charge is 0.369 e. The van der Waals surface area contributed by atoms with Crippen LogP contribution in [0.3, 0.4) is 0 Å². The van der Waals surface area contributed by atoms with Gasteiger partial charge in [0.25, 0.3) is 0 Å². The first-order valence-electron chi connectivity index (χ1n) is 6.90. The lowest BCUT2D eigenvalue weighted by Crippen LogP contribution is -2.24. The van der Waals surface area contributed by atoms with Gasteiger partial charge in [-0.05, 0) is 44.2 Å². The average molecular weight is 271 g/mol. The standard InChI is InChI=1S/C15H17N3S/c1-8-5-9(2)18-15-12(8)11-7-17-14(13(11)19-15)16-6-10-3-4-10/h5,10H,3-4,6-7H2,1-2H3,(H,16,17). The molecular weight excluding hydrogens is 254 g/mol. The Bertz CT molecular complexity index is 695. The molecule has 3 heterocycles.